The molecule has 2 aromatic rings. The van der Waals surface area contributed by atoms with Crippen molar-refractivity contribution in [1.82, 2.24) is 26.0 Å². The van der Waals surface area contributed by atoms with Crippen molar-refractivity contribution in [3.8, 4) is 0 Å². The first-order valence-corrected chi connectivity index (χ1v) is 9.87. The van der Waals surface area contributed by atoms with Crippen LogP contribution < -0.4 is 10.9 Å². The lowest BCUT2D eigenvalue weighted by Gasteiger charge is -2.06. The number of carbonyl (C=O) groups excluding carboxylic acids is 2. The van der Waals surface area contributed by atoms with Crippen LogP contribution in [-0.4, -0.2) is 32.7 Å². The highest BCUT2D eigenvalue weighted by atomic mass is 32.2. The van der Waals surface area contributed by atoms with E-state index in [-0.39, 0.29) is 17.6 Å². The van der Waals surface area contributed by atoms with Gasteiger partial charge < -0.3 is 0 Å². The molecular formula is C18H23N5O2S. The van der Waals surface area contributed by atoms with Crippen LogP contribution in [0, 0.1) is 5.92 Å². The Balaban J connectivity index is 1.35. The fourth-order valence-corrected chi connectivity index (χ4v) is 3.67. The van der Waals surface area contributed by atoms with E-state index >= 15 is 0 Å². The number of H-pyrrole nitrogens is 1. The van der Waals surface area contributed by atoms with Crippen molar-refractivity contribution in [2.75, 3.05) is 5.75 Å². The van der Waals surface area contributed by atoms with Gasteiger partial charge >= 0.3 is 0 Å². The van der Waals surface area contributed by atoms with Crippen LogP contribution in [0.25, 0.3) is 0 Å². The van der Waals surface area contributed by atoms with E-state index in [0.29, 0.717) is 10.7 Å². The molecule has 0 aliphatic heterocycles. The van der Waals surface area contributed by atoms with Gasteiger partial charge in [-0.25, -0.2) is 4.98 Å². The fourth-order valence-electron chi connectivity index (χ4n) is 3.05. The first-order chi connectivity index (χ1) is 12.7. The Morgan fingerprint density at radius 3 is 2.69 bits per heavy atom. The predicted molar refractivity (Wildman–Crippen MR) is 99.4 cm³/mol. The summed E-state index contributed by atoms with van der Waals surface area (Å²) < 4.78 is 0. The van der Waals surface area contributed by atoms with Crippen LogP contribution in [0.3, 0.4) is 0 Å². The molecular weight excluding hydrogens is 350 g/mol. The number of benzene rings is 1. The van der Waals surface area contributed by atoms with Crippen LogP contribution in [0.2, 0.25) is 0 Å². The van der Waals surface area contributed by atoms with Crippen molar-refractivity contribution in [2.45, 2.75) is 43.7 Å². The minimum absolute atomic E-state index is 0.134. The van der Waals surface area contributed by atoms with Crippen molar-refractivity contribution in [2.24, 2.45) is 5.92 Å². The van der Waals surface area contributed by atoms with E-state index in [0.717, 1.165) is 24.6 Å². The summed E-state index contributed by atoms with van der Waals surface area (Å²) in [7, 11) is 0. The maximum atomic E-state index is 11.8. The number of aromatic nitrogens is 3. The molecule has 1 aliphatic carbocycles. The molecule has 8 heteroatoms. The van der Waals surface area contributed by atoms with Gasteiger partial charge in [-0.15, -0.1) is 5.10 Å². The highest BCUT2D eigenvalue weighted by Gasteiger charge is 2.16. The van der Waals surface area contributed by atoms with Crippen LogP contribution in [-0.2, 0) is 11.2 Å². The monoisotopic (exact) mass is 373 g/mol. The van der Waals surface area contributed by atoms with Gasteiger partial charge in [-0.2, -0.15) is 0 Å². The molecule has 0 unspecified atom stereocenters. The topological polar surface area (TPSA) is 99.8 Å². The van der Waals surface area contributed by atoms with Crippen LogP contribution in [0.15, 0.2) is 35.5 Å². The first-order valence-electron chi connectivity index (χ1n) is 8.89. The Hall–Kier alpha value is -2.35. The zero-order valence-electron chi connectivity index (χ0n) is 14.5. The number of thioether (sulfide) groups is 1. The molecule has 0 radical (unpaired) electrons. The smallest absolute Gasteiger partial charge is 0.269 e. The van der Waals surface area contributed by atoms with Crippen LogP contribution >= 0.6 is 11.8 Å². The number of hydrazine groups is 1. The second-order valence-electron chi connectivity index (χ2n) is 6.41. The molecule has 0 spiro atoms. The third-order valence-corrected chi connectivity index (χ3v) is 5.31. The molecule has 1 fully saturated rings. The van der Waals surface area contributed by atoms with E-state index in [1.165, 1.54) is 37.4 Å². The zero-order valence-corrected chi connectivity index (χ0v) is 15.3. The van der Waals surface area contributed by atoms with Crippen molar-refractivity contribution < 1.29 is 9.59 Å². The average Bonchev–Trinajstić information content (AvgIpc) is 3.35. The van der Waals surface area contributed by atoms with Crippen molar-refractivity contribution in [1.29, 1.82) is 0 Å². The molecule has 1 saturated carbocycles. The Morgan fingerprint density at radius 1 is 1.15 bits per heavy atom. The van der Waals surface area contributed by atoms with Gasteiger partial charge in [-0.1, -0.05) is 55.6 Å². The summed E-state index contributed by atoms with van der Waals surface area (Å²) in [4.78, 5) is 28.1. The third-order valence-electron chi connectivity index (χ3n) is 4.46. The van der Waals surface area contributed by atoms with E-state index in [4.69, 9.17) is 0 Å². The third kappa shape index (κ3) is 5.59. The second kappa shape index (κ2) is 9.38. The van der Waals surface area contributed by atoms with Gasteiger partial charge in [-0.3, -0.25) is 25.5 Å². The lowest BCUT2D eigenvalue weighted by atomic mass is 10.0. The number of rotatable bonds is 7. The van der Waals surface area contributed by atoms with E-state index in [1.807, 2.05) is 6.07 Å². The van der Waals surface area contributed by atoms with E-state index in [1.54, 1.807) is 24.3 Å². The van der Waals surface area contributed by atoms with Crippen LogP contribution in [0.1, 0.15) is 48.3 Å². The van der Waals surface area contributed by atoms with E-state index in [9.17, 15) is 9.59 Å². The SMILES string of the molecule is O=C(CSc1n[nH]c(CCC2CCCC2)n1)NNC(=O)c1ccccc1. The predicted octanol–water partition coefficient (Wildman–Crippen LogP) is 2.48. The number of nitrogens with one attached hydrogen (secondary N) is 3. The van der Waals surface area contributed by atoms with E-state index < -0.39 is 0 Å². The van der Waals surface area contributed by atoms with Gasteiger partial charge in [0, 0.05) is 12.0 Å². The number of carbonyl (C=O) groups is 2. The lowest BCUT2D eigenvalue weighted by Crippen LogP contribution is -2.42. The van der Waals surface area contributed by atoms with Crippen LogP contribution in [0.5, 0.6) is 0 Å². The van der Waals surface area contributed by atoms with Crippen molar-refractivity contribution in [3.05, 3.63) is 41.7 Å². The van der Waals surface area contributed by atoms with Crippen molar-refractivity contribution >= 4 is 23.6 Å². The quantitative estimate of drug-likeness (QED) is 0.511. The van der Waals surface area contributed by atoms with Gasteiger partial charge in [-0.05, 0) is 24.5 Å². The molecule has 0 atom stereocenters. The maximum Gasteiger partial charge on any atom is 0.269 e. The molecule has 1 aromatic carbocycles. The highest BCUT2D eigenvalue weighted by Crippen LogP contribution is 2.28. The van der Waals surface area contributed by atoms with Gasteiger partial charge in [0.05, 0.1) is 5.75 Å². The van der Waals surface area contributed by atoms with Gasteiger partial charge in [0.1, 0.15) is 5.82 Å². The zero-order chi connectivity index (χ0) is 18.2. The molecule has 1 aliphatic rings. The normalized spacial score (nSPS) is 14.3. The highest BCUT2D eigenvalue weighted by molar-refractivity contribution is 7.99. The lowest BCUT2D eigenvalue weighted by molar-refractivity contribution is -0.119. The summed E-state index contributed by atoms with van der Waals surface area (Å²) in [5.41, 5.74) is 5.27. The van der Waals surface area contributed by atoms with Gasteiger partial charge in [0.15, 0.2) is 0 Å². The summed E-state index contributed by atoms with van der Waals surface area (Å²) in [6.45, 7) is 0. The minimum Gasteiger partial charge on any atom is -0.272 e. The summed E-state index contributed by atoms with van der Waals surface area (Å²) in [5.74, 6) is 1.16. The van der Waals surface area contributed by atoms with Crippen LogP contribution in [0.4, 0.5) is 0 Å². The molecule has 2 amide bonds. The molecule has 3 rings (SSSR count). The number of hydrogen-bond acceptors (Lipinski definition) is 5. The molecule has 26 heavy (non-hydrogen) atoms. The molecule has 1 heterocycles. The molecule has 138 valence electrons. The summed E-state index contributed by atoms with van der Waals surface area (Å²) in [5, 5.41) is 7.63. The standard InChI is InChI=1S/C18H23N5O2S/c24-16(21-22-17(25)14-8-2-1-3-9-14)12-26-18-19-15(20-23-18)11-10-13-6-4-5-7-13/h1-3,8-9,13H,4-7,10-12H2,(H,21,24)(H,22,25)(H,19,20,23). The molecule has 7 nitrogen and oxygen atoms in total. The Bertz CT molecular complexity index is 728. The Labute approximate surface area is 156 Å². The number of aryl methyl sites for hydroxylation is 1. The number of aromatic amines is 1. The number of nitrogens with zero attached hydrogens (tertiary/aromatic N) is 2. The summed E-state index contributed by atoms with van der Waals surface area (Å²) in [6, 6.07) is 8.71. The number of hydrogen-bond donors (Lipinski definition) is 3. The largest absolute Gasteiger partial charge is 0.272 e. The van der Waals surface area contributed by atoms with Crippen molar-refractivity contribution in [3.63, 3.8) is 0 Å². The molecule has 1 aromatic heterocycles. The first kappa shape index (κ1) is 18.4. The summed E-state index contributed by atoms with van der Waals surface area (Å²) >= 11 is 1.24. The molecule has 0 saturated heterocycles. The minimum atomic E-state index is -0.351. The maximum absolute atomic E-state index is 11.8. The van der Waals surface area contributed by atoms with Gasteiger partial charge in [0.25, 0.3) is 5.91 Å². The number of amides is 2. The molecule has 0 bridgehead atoms. The molecule has 3 N–H and O–H groups in total. The van der Waals surface area contributed by atoms with E-state index in [2.05, 4.69) is 26.0 Å². The Kier molecular flexibility index (Phi) is 6.65. The summed E-state index contributed by atoms with van der Waals surface area (Å²) in [6.07, 6.45) is 7.38. The second-order valence-corrected chi connectivity index (χ2v) is 7.35. The Morgan fingerprint density at radius 2 is 1.92 bits per heavy atom. The fraction of sp³-hybridized carbons (Fsp3) is 0.444. The van der Waals surface area contributed by atoms with Gasteiger partial charge in [0.2, 0.25) is 11.1 Å². The average molecular weight is 373 g/mol.